The molecule has 0 radical (unpaired) electrons. The molecule has 0 saturated carbocycles. The predicted octanol–water partition coefficient (Wildman–Crippen LogP) is 3.98. The van der Waals surface area contributed by atoms with E-state index in [-0.39, 0.29) is 15.5 Å². The van der Waals surface area contributed by atoms with Crippen LogP contribution in [-0.2, 0) is 19.1 Å². The molecule has 0 spiro atoms. The van der Waals surface area contributed by atoms with E-state index in [9.17, 15) is 39.9 Å². The van der Waals surface area contributed by atoms with E-state index in [0.717, 1.165) is 12.1 Å². The van der Waals surface area contributed by atoms with Crippen molar-refractivity contribution in [3.63, 3.8) is 0 Å². The zero-order chi connectivity index (χ0) is 21.7. The first-order chi connectivity index (χ1) is 12.6. The van der Waals surface area contributed by atoms with Crippen molar-refractivity contribution in [2.75, 3.05) is 11.1 Å². The molecule has 2 aromatic rings. The zero-order valence-corrected chi connectivity index (χ0v) is 14.1. The average molecular weight is 438 g/mol. The summed E-state index contributed by atoms with van der Waals surface area (Å²) in [6, 6.07) is 2.03. The Bertz CT molecular complexity index is 921. The second-order valence-electron chi connectivity index (χ2n) is 5.30. The van der Waals surface area contributed by atoms with Gasteiger partial charge in [0.05, 0.1) is 5.69 Å². The highest BCUT2D eigenvalue weighted by molar-refractivity contribution is 6.32. The molecular formula is C13H8ClF8N5O. The van der Waals surface area contributed by atoms with Crippen LogP contribution in [-0.4, -0.2) is 26.8 Å². The van der Waals surface area contributed by atoms with Gasteiger partial charge in [0.2, 0.25) is 0 Å². The topological polar surface area (TPSA) is 85.8 Å². The number of halogens is 9. The summed E-state index contributed by atoms with van der Waals surface area (Å²) in [7, 11) is 0.643. The van der Waals surface area contributed by atoms with Crippen LogP contribution in [0.3, 0.4) is 0 Å². The van der Waals surface area contributed by atoms with Gasteiger partial charge in [-0.05, 0) is 12.1 Å². The molecule has 0 aliphatic carbocycles. The number of alkyl halides is 8. The van der Waals surface area contributed by atoms with E-state index in [0.29, 0.717) is 7.05 Å². The summed E-state index contributed by atoms with van der Waals surface area (Å²) in [6.45, 7) is 0. The highest BCUT2D eigenvalue weighted by Crippen LogP contribution is 2.49. The van der Waals surface area contributed by atoms with Crippen molar-refractivity contribution in [3.05, 3.63) is 34.2 Å². The van der Waals surface area contributed by atoms with Crippen molar-refractivity contribution < 1.29 is 39.9 Å². The number of aromatic nitrogens is 3. The lowest BCUT2D eigenvalue weighted by Crippen LogP contribution is -2.36. The third-order valence-corrected chi connectivity index (χ3v) is 3.63. The van der Waals surface area contributed by atoms with E-state index in [1.807, 2.05) is 0 Å². The number of nitrogen functional groups attached to an aromatic ring is 1. The first kappa shape index (κ1) is 21.7. The Morgan fingerprint density at radius 3 is 2.18 bits per heavy atom. The summed E-state index contributed by atoms with van der Waals surface area (Å²) in [6.07, 6.45) is -12.1. The molecule has 6 nitrogen and oxygen atoms in total. The van der Waals surface area contributed by atoms with Gasteiger partial charge in [0.1, 0.15) is 17.1 Å². The van der Waals surface area contributed by atoms with Gasteiger partial charge in [-0.25, -0.2) is 4.98 Å². The Morgan fingerprint density at radius 1 is 1.14 bits per heavy atom. The van der Waals surface area contributed by atoms with Crippen molar-refractivity contribution in [1.82, 2.24) is 14.8 Å². The van der Waals surface area contributed by atoms with Crippen LogP contribution in [0.15, 0.2) is 12.1 Å². The molecule has 0 atom stereocenters. The molecule has 2 rings (SSSR count). The van der Waals surface area contributed by atoms with Crippen molar-refractivity contribution >= 4 is 29.0 Å². The van der Waals surface area contributed by atoms with Gasteiger partial charge in [0, 0.05) is 7.05 Å². The monoisotopic (exact) mass is 437 g/mol. The lowest BCUT2D eigenvalue weighted by molar-refractivity contribution is -0.292. The smallest absolute Gasteiger partial charge is 0.396 e. The third kappa shape index (κ3) is 3.81. The number of amides is 1. The second kappa shape index (κ2) is 6.76. The maximum atomic E-state index is 13.5. The molecule has 0 fully saturated rings. The number of carbonyl (C=O) groups is 1. The minimum absolute atomic E-state index is 0.0363. The summed E-state index contributed by atoms with van der Waals surface area (Å²) in [5.41, 5.74) is -0.334. The number of hydrogen-bond donors (Lipinski definition) is 2. The van der Waals surface area contributed by atoms with E-state index >= 15 is 0 Å². The van der Waals surface area contributed by atoms with Crippen LogP contribution in [0.2, 0.25) is 5.15 Å². The normalized spacial score (nSPS) is 12.9. The lowest BCUT2D eigenvalue weighted by Gasteiger charge is -2.19. The highest BCUT2D eigenvalue weighted by Gasteiger charge is 2.64. The van der Waals surface area contributed by atoms with Crippen molar-refractivity contribution in [1.29, 1.82) is 0 Å². The number of nitrogens with zero attached hydrogens (tertiary/aromatic N) is 3. The number of anilines is 2. The molecule has 1 amide bonds. The lowest BCUT2D eigenvalue weighted by atomic mass is 10.1. The van der Waals surface area contributed by atoms with Crippen LogP contribution in [0.25, 0.3) is 0 Å². The Balaban J connectivity index is 2.59. The molecule has 3 N–H and O–H groups in total. The zero-order valence-electron chi connectivity index (χ0n) is 13.4. The fourth-order valence-electron chi connectivity index (χ4n) is 2.03. The quantitative estimate of drug-likeness (QED) is 0.562. The molecule has 28 heavy (non-hydrogen) atoms. The van der Waals surface area contributed by atoms with Crippen molar-refractivity contribution in [2.45, 2.75) is 18.3 Å². The Labute approximate surface area is 155 Å². The van der Waals surface area contributed by atoms with E-state index in [4.69, 9.17) is 17.3 Å². The van der Waals surface area contributed by atoms with E-state index in [2.05, 4.69) is 10.1 Å². The van der Waals surface area contributed by atoms with Gasteiger partial charge in [-0.2, -0.15) is 40.2 Å². The molecule has 0 aliphatic heterocycles. The first-order valence-electron chi connectivity index (χ1n) is 6.90. The Kier molecular flexibility index (Phi) is 5.23. The largest absolute Gasteiger partial charge is 0.459 e. The van der Waals surface area contributed by atoms with Gasteiger partial charge < -0.3 is 11.1 Å². The van der Waals surface area contributed by atoms with Crippen LogP contribution in [0.5, 0.6) is 0 Å². The molecule has 2 heterocycles. The minimum atomic E-state index is -6.35. The van der Waals surface area contributed by atoms with Crippen LogP contribution in [0.4, 0.5) is 46.6 Å². The van der Waals surface area contributed by atoms with Gasteiger partial charge in [0.15, 0.2) is 10.8 Å². The van der Waals surface area contributed by atoms with Gasteiger partial charge >= 0.3 is 18.3 Å². The number of aryl methyl sites for hydroxylation is 1. The van der Waals surface area contributed by atoms with Crippen LogP contribution in [0, 0.1) is 0 Å². The molecule has 0 unspecified atom stereocenters. The predicted molar refractivity (Wildman–Crippen MR) is 79.8 cm³/mol. The van der Waals surface area contributed by atoms with E-state index < -0.39 is 47.0 Å². The number of rotatable bonds is 3. The molecule has 2 aromatic heterocycles. The summed E-state index contributed by atoms with van der Waals surface area (Å²) in [5.74, 6) is -8.75. The number of nitrogens with two attached hydrogens (primary N) is 1. The average Bonchev–Trinajstić information content (AvgIpc) is 2.86. The second-order valence-corrected chi connectivity index (χ2v) is 5.65. The summed E-state index contributed by atoms with van der Waals surface area (Å²) in [4.78, 5) is 15.5. The number of pyridine rings is 1. The summed E-state index contributed by atoms with van der Waals surface area (Å²) in [5, 5.41) is 3.83. The summed E-state index contributed by atoms with van der Waals surface area (Å²) >= 11 is 5.57. The molecule has 15 heteroatoms. The maximum Gasteiger partial charge on any atom is 0.459 e. The fraction of sp³-hybridized carbons (Fsp3) is 0.308. The van der Waals surface area contributed by atoms with Crippen molar-refractivity contribution in [2.24, 2.45) is 7.05 Å². The van der Waals surface area contributed by atoms with Crippen LogP contribution < -0.4 is 11.1 Å². The molecule has 0 saturated heterocycles. The fourth-order valence-corrected chi connectivity index (χ4v) is 2.19. The standard InChI is InChI=1S/C13H8ClF8N5O/c1-27-9(25-10(28)5-3-2-4(23)8(14)24-5)6(12(17,18)19)7(26-27)11(15,16)13(20,21)22/h2-3H,23H2,1H3,(H,25,28). The third-order valence-electron chi connectivity index (χ3n) is 3.33. The van der Waals surface area contributed by atoms with Crippen LogP contribution >= 0.6 is 11.6 Å². The number of hydrogen-bond acceptors (Lipinski definition) is 4. The highest BCUT2D eigenvalue weighted by atomic mass is 35.5. The van der Waals surface area contributed by atoms with E-state index in [1.54, 1.807) is 5.32 Å². The van der Waals surface area contributed by atoms with Gasteiger partial charge in [0.25, 0.3) is 5.91 Å². The molecule has 0 aromatic carbocycles. The van der Waals surface area contributed by atoms with Crippen LogP contribution in [0.1, 0.15) is 21.7 Å². The Morgan fingerprint density at radius 2 is 1.71 bits per heavy atom. The molecule has 0 bridgehead atoms. The van der Waals surface area contributed by atoms with Gasteiger partial charge in [-0.3, -0.25) is 9.48 Å². The number of carbonyl (C=O) groups excluding carboxylic acids is 1. The van der Waals surface area contributed by atoms with Crippen molar-refractivity contribution in [3.8, 4) is 0 Å². The Hall–Kier alpha value is -2.64. The minimum Gasteiger partial charge on any atom is -0.396 e. The first-order valence-corrected chi connectivity index (χ1v) is 7.27. The molecular weight excluding hydrogens is 430 g/mol. The van der Waals surface area contributed by atoms with Gasteiger partial charge in [-0.1, -0.05) is 11.6 Å². The summed E-state index contributed by atoms with van der Waals surface area (Å²) < 4.78 is 105. The molecule has 154 valence electrons. The maximum absolute atomic E-state index is 13.5. The SMILES string of the molecule is Cn1nc(C(F)(F)C(F)(F)F)c(C(F)(F)F)c1NC(=O)c1ccc(N)c(Cl)n1. The number of nitrogens with one attached hydrogen (secondary N) is 1. The van der Waals surface area contributed by atoms with E-state index in [1.165, 1.54) is 0 Å². The molecule has 0 aliphatic rings. The van der Waals surface area contributed by atoms with Gasteiger partial charge in [-0.15, -0.1) is 0 Å².